The summed E-state index contributed by atoms with van der Waals surface area (Å²) in [6.45, 7) is 6.73. The smallest absolute Gasteiger partial charge is 0.596 e. The Kier molecular flexibility index (Phi) is 20.3. The third-order valence-electron chi connectivity index (χ3n) is 2.25. The fraction of sp³-hybridized carbons (Fsp3) is 0.833. The van der Waals surface area contributed by atoms with Crippen LogP contribution in [0.25, 0.3) is 0 Å². The van der Waals surface area contributed by atoms with E-state index in [1.165, 1.54) is 6.92 Å². The maximum Gasteiger partial charge on any atom is 1.00 e. The Morgan fingerprint density at radius 1 is 1.26 bits per heavy atom. The van der Waals surface area contributed by atoms with Crippen LogP contribution in [-0.2, 0) is 18.7 Å². The van der Waals surface area contributed by atoms with Gasteiger partial charge in [-0.25, -0.2) is 0 Å². The highest BCUT2D eigenvalue weighted by atomic mass is 31.1. The van der Waals surface area contributed by atoms with E-state index in [0.29, 0.717) is 12.6 Å². The van der Waals surface area contributed by atoms with Crippen molar-refractivity contribution < 1.29 is 29.9 Å². The molecule has 23 heavy (non-hydrogen) atoms. The molecule has 0 saturated carbocycles. The van der Waals surface area contributed by atoms with Crippen LogP contribution in [0, 0.1) is 0 Å². The van der Waals surface area contributed by atoms with Crippen LogP contribution in [0.1, 0.15) is 42.0 Å². The van der Waals surface area contributed by atoms with Crippen molar-refractivity contribution >= 4 is 27.9 Å². The SMILES string of the molecule is CCCC(N)C(=O)NC(C)C(N)=O.CC[P+](=O)O.CC[P+](=O)[O-].[H+]. The first-order chi connectivity index (χ1) is 10.5. The first kappa shape index (κ1) is 26.9. The van der Waals surface area contributed by atoms with Gasteiger partial charge in [-0.05, 0) is 31.8 Å². The molecule has 4 atom stereocenters. The van der Waals surface area contributed by atoms with E-state index in [9.17, 15) is 23.6 Å². The number of rotatable bonds is 7. The third kappa shape index (κ3) is 23.4. The van der Waals surface area contributed by atoms with Crippen molar-refractivity contribution in [3.63, 3.8) is 0 Å². The second-order valence-electron chi connectivity index (χ2n) is 4.35. The zero-order valence-corrected chi connectivity index (χ0v) is 15.8. The molecule has 0 aromatic heterocycles. The molecule has 9 nitrogen and oxygen atoms in total. The van der Waals surface area contributed by atoms with Gasteiger partial charge in [0.05, 0.1) is 6.04 Å². The molecule has 0 rings (SSSR count). The van der Waals surface area contributed by atoms with Crippen LogP contribution >= 0.6 is 16.1 Å². The molecule has 0 heterocycles. The molecule has 0 aromatic carbocycles. The van der Waals surface area contributed by atoms with Gasteiger partial charge in [-0.1, -0.05) is 17.9 Å². The third-order valence-corrected chi connectivity index (χ3v) is 3.31. The summed E-state index contributed by atoms with van der Waals surface area (Å²) < 4.78 is 18.9. The van der Waals surface area contributed by atoms with Crippen LogP contribution in [0.4, 0.5) is 0 Å². The first-order valence-corrected chi connectivity index (χ1v) is 9.89. The van der Waals surface area contributed by atoms with Crippen LogP contribution in [-0.4, -0.2) is 41.1 Å². The Morgan fingerprint density at radius 2 is 1.65 bits per heavy atom. The average molecular weight is 373 g/mol. The molecule has 0 bridgehead atoms. The summed E-state index contributed by atoms with van der Waals surface area (Å²) >= 11 is 0. The molecule has 0 aliphatic heterocycles. The molecule has 0 radical (unpaired) electrons. The van der Waals surface area contributed by atoms with E-state index < -0.39 is 34.0 Å². The summed E-state index contributed by atoms with van der Waals surface area (Å²) in [5.41, 5.74) is 10.5. The lowest BCUT2D eigenvalue weighted by Gasteiger charge is -2.14. The van der Waals surface area contributed by atoms with E-state index in [0.717, 1.165) is 6.42 Å². The van der Waals surface area contributed by atoms with E-state index in [1.807, 2.05) is 6.92 Å². The highest BCUT2D eigenvalue weighted by molar-refractivity contribution is 7.37. The molecule has 0 saturated heterocycles. The summed E-state index contributed by atoms with van der Waals surface area (Å²) in [6.07, 6.45) is 2.07. The number of carbonyl (C=O) groups is 2. The topological polar surface area (TPSA) is 176 Å². The van der Waals surface area contributed by atoms with E-state index in [-0.39, 0.29) is 13.5 Å². The van der Waals surface area contributed by atoms with Crippen LogP contribution in [0.2, 0.25) is 0 Å². The second-order valence-corrected chi connectivity index (χ2v) is 6.98. The summed E-state index contributed by atoms with van der Waals surface area (Å²) in [6, 6.07) is -1.21. The Bertz CT molecular complexity index is 374. The largest absolute Gasteiger partial charge is 1.00 e. The van der Waals surface area contributed by atoms with Gasteiger partial charge in [0, 0.05) is 0 Å². The lowest BCUT2D eigenvalue weighted by Crippen LogP contribution is -2.48. The lowest BCUT2D eigenvalue weighted by molar-refractivity contribution is -0.164. The molecule has 0 aromatic rings. The van der Waals surface area contributed by atoms with Crippen LogP contribution in [0.5, 0.6) is 0 Å². The maximum atomic E-state index is 11.2. The molecule has 0 aliphatic carbocycles. The van der Waals surface area contributed by atoms with Crippen LogP contribution in [0.3, 0.4) is 0 Å². The molecule has 4 unspecified atom stereocenters. The Hall–Kier alpha value is -0.980. The quantitative estimate of drug-likeness (QED) is 0.456. The highest BCUT2D eigenvalue weighted by Crippen LogP contribution is 2.08. The van der Waals surface area contributed by atoms with Crippen molar-refractivity contribution in [2.45, 2.75) is 52.6 Å². The minimum Gasteiger partial charge on any atom is -0.596 e. The number of primary amides is 1. The minimum atomic E-state index is -2.10. The van der Waals surface area contributed by atoms with Crippen molar-refractivity contribution in [3.8, 4) is 0 Å². The van der Waals surface area contributed by atoms with Crippen LogP contribution in [0.15, 0.2) is 0 Å². The lowest BCUT2D eigenvalue weighted by atomic mass is 10.1. The van der Waals surface area contributed by atoms with Gasteiger partial charge in [0.25, 0.3) is 0 Å². The van der Waals surface area contributed by atoms with Crippen molar-refractivity contribution in [2.75, 3.05) is 12.3 Å². The van der Waals surface area contributed by atoms with Crippen molar-refractivity contribution in [1.29, 1.82) is 0 Å². The van der Waals surface area contributed by atoms with Gasteiger partial charge in [0.1, 0.15) is 12.2 Å². The zero-order valence-electron chi connectivity index (χ0n) is 15.0. The Labute approximate surface area is 140 Å². The summed E-state index contributed by atoms with van der Waals surface area (Å²) in [5.74, 6) is -0.884. The first-order valence-electron chi connectivity index (χ1n) is 7.13. The minimum absolute atomic E-state index is 0. The van der Waals surface area contributed by atoms with Crippen molar-refractivity contribution in [3.05, 3.63) is 0 Å². The predicted octanol–water partition coefficient (Wildman–Crippen LogP) is 0.0663. The fourth-order valence-corrected chi connectivity index (χ4v) is 0.834. The molecule has 6 N–H and O–H groups in total. The van der Waals surface area contributed by atoms with Gasteiger partial charge in [-0.3, -0.25) is 9.59 Å². The Balaban J connectivity index is -0.000000151. The molecule has 2 amide bonds. The van der Waals surface area contributed by atoms with Gasteiger partial charge in [0.2, 0.25) is 11.8 Å². The summed E-state index contributed by atoms with van der Waals surface area (Å²) in [4.78, 5) is 39.1. The fourth-order valence-electron chi connectivity index (χ4n) is 0.834. The van der Waals surface area contributed by atoms with Crippen LogP contribution < -0.4 is 21.7 Å². The molecule has 0 aliphatic rings. The van der Waals surface area contributed by atoms with E-state index in [1.54, 1.807) is 13.8 Å². The van der Waals surface area contributed by atoms with Crippen molar-refractivity contribution in [2.24, 2.45) is 11.5 Å². The molecule has 136 valence electrons. The molecule has 0 fully saturated rings. The normalized spacial score (nSPS) is 13.2. The van der Waals surface area contributed by atoms with E-state index in [2.05, 4.69) is 5.32 Å². The number of nitrogens with one attached hydrogen (secondary N) is 1. The number of carbonyl (C=O) groups excluding carboxylic acids is 2. The van der Waals surface area contributed by atoms with Gasteiger partial charge in [-0.2, -0.15) is 4.89 Å². The van der Waals surface area contributed by atoms with E-state index >= 15 is 0 Å². The number of hydrogen-bond acceptors (Lipinski definition) is 6. The number of nitrogens with two attached hydrogens (primary N) is 2. The van der Waals surface area contributed by atoms with E-state index in [4.69, 9.17) is 16.4 Å². The van der Waals surface area contributed by atoms with Gasteiger partial charge < -0.3 is 21.7 Å². The van der Waals surface area contributed by atoms with Gasteiger partial charge >= 0.3 is 17.5 Å². The molecular weight excluding hydrogens is 344 g/mol. The number of hydrogen-bond donors (Lipinski definition) is 4. The van der Waals surface area contributed by atoms with Crippen molar-refractivity contribution in [1.82, 2.24) is 5.32 Å². The molecule has 0 spiro atoms. The molecular formula is C12H29N3O6P2+2. The highest BCUT2D eigenvalue weighted by Gasteiger charge is 2.17. The second kappa shape index (κ2) is 17.4. The Morgan fingerprint density at radius 3 is 1.87 bits per heavy atom. The monoisotopic (exact) mass is 373 g/mol. The summed E-state index contributed by atoms with van der Waals surface area (Å²) in [5, 5.41) is 2.43. The zero-order chi connectivity index (χ0) is 19.0. The molecule has 11 heteroatoms. The average Bonchev–Trinajstić information content (AvgIpc) is 2.48. The predicted molar refractivity (Wildman–Crippen MR) is 89.3 cm³/mol. The van der Waals surface area contributed by atoms with Gasteiger partial charge in [-0.15, -0.1) is 0 Å². The standard InChI is InChI=1S/C8H17N3O2.2C2H5O2P/c1-3-4-6(9)8(13)11-5(2)7(10)12;2*1-2-5(3)4/h5-6H,3-4,9H2,1-2H3,(H2,10,12)(H,11,13);2*2H2,1H3/p+2. The number of amides is 2. The van der Waals surface area contributed by atoms with Gasteiger partial charge in [0.15, 0.2) is 6.16 Å². The summed E-state index contributed by atoms with van der Waals surface area (Å²) in [7, 11) is -3.95. The maximum absolute atomic E-state index is 11.2.